The second-order valence-corrected chi connectivity index (χ2v) is 8.32. The predicted octanol–water partition coefficient (Wildman–Crippen LogP) is 3.82. The lowest BCUT2D eigenvalue weighted by molar-refractivity contribution is -0.384. The highest BCUT2D eigenvalue weighted by molar-refractivity contribution is 5.70. The van der Waals surface area contributed by atoms with Gasteiger partial charge in [0.05, 0.1) is 4.92 Å². The van der Waals surface area contributed by atoms with Gasteiger partial charge in [-0.2, -0.15) is 0 Å². The van der Waals surface area contributed by atoms with Crippen molar-refractivity contribution in [3.05, 3.63) is 103 Å². The number of hydrogen-bond acceptors (Lipinski definition) is 5. The summed E-state index contributed by atoms with van der Waals surface area (Å²) < 4.78 is 2.87. The summed E-state index contributed by atoms with van der Waals surface area (Å²) in [5.74, 6) is 0.645. The molecule has 34 heavy (non-hydrogen) atoms. The minimum Gasteiger partial charge on any atom is -0.336 e. The normalized spacial score (nSPS) is 11.2. The first-order valence-electron chi connectivity index (χ1n) is 11.5. The smallest absolute Gasteiger partial charge is 0.332 e. The van der Waals surface area contributed by atoms with Gasteiger partial charge in [0, 0.05) is 31.6 Å². The van der Waals surface area contributed by atoms with E-state index in [9.17, 15) is 19.7 Å². The van der Waals surface area contributed by atoms with Crippen LogP contribution in [0.25, 0.3) is 11.2 Å². The lowest BCUT2D eigenvalue weighted by Gasteiger charge is -2.10. The Hall–Kier alpha value is -4.01. The summed E-state index contributed by atoms with van der Waals surface area (Å²) in [6, 6.07) is 16.4. The molecular formula is C25H27N5O4. The van der Waals surface area contributed by atoms with Gasteiger partial charge in [-0.05, 0) is 36.8 Å². The van der Waals surface area contributed by atoms with E-state index in [1.54, 1.807) is 16.7 Å². The van der Waals surface area contributed by atoms with E-state index < -0.39 is 4.92 Å². The molecule has 2 aromatic heterocycles. The zero-order valence-electron chi connectivity index (χ0n) is 19.1. The molecular weight excluding hydrogens is 434 g/mol. The van der Waals surface area contributed by atoms with Crippen molar-refractivity contribution in [1.82, 2.24) is 19.1 Å². The largest absolute Gasteiger partial charge is 0.336 e. The number of nitro benzene ring substituents is 1. The summed E-state index contributed by atoms with van der Waals surface area (Å²) in [5.41, 5.74) is 2.21. The van der Waals surface area contributed by atoms with Crippen LogP contribution in [0.4, 0.5) is 5.69 Å². The SMILES string of the molecule is CCCn1c(=O)c2[nH]c(Cc3ccccc3)nc2n(CCCCc2ccc([N+](=O)[O-])cc2)c1=O. The molecule has 1 N–H and O–H groups in total. The van der Waals surface area contributed by atoms with Gasteiger partial charge < -0.3 is 4.98 Å². The number of fused-ring (bicyclic) bond motifs is 1. The Kier molecular flexibility index (Phi) is 7.01. The molecule has 2 aromatic carbocycles. The Morgan fingerprint density at radius 1 is 0.941 bits per heavy atom. The maximum Gasteiger partial charge on any atom is 0.332 e. The average Bonchev–Trinajstić information content (AvgIpc) is 3.26. The first-order valence-corrected chi connectivity index (χ1v) is 11.5. The maximum absolute atomic E-state index is 13.1. The number of unbranched alkanes of at least 4 members (excludes halogenated alkanes) is 1. The molecule has 0 atom stereocenters. The quantitative estimate of drug-likeness (QED) is 0.219. The van der Waals surface area contributed by atoms with E-state index >= 15 is 0 Å². The number of nitrogens with zero attached hydrogens (tertiary/aromatic N) is 4. The molecule has 0 saturated carbocycles. The molecule has 0 spiro atoms. The zero-order valence-corrected chi connectivity index (χ0v) is 19.1. The highest BCUT2D eigenvalue weighted by Gasteiger charge is 2.17. The maximum atomic E-state index is 13.1. The monoisotopic (exact) mass is 461 g/mol. The molecule has 0 amide bonds. The number of rotatable bonds is 10. The van der Waals surface area contributed by atoms with Crippen molar-refractivity contribution in [3.8, 4) is 0 Å². The summed E-state index contributed by atoms with van der Waals surface area (Å²) in [7, 11) is 0. The number of imidazole rings is 1. The Morgan fingerprint density at radius 2 is 1.68 bits per heavy atom. The van der Waals surface area contributed by atoms with Crippen molar-refractivity contribution in [1.29, 1.82) is 0 Å². The van der Waals surface area contributed by atoms with E-state index in [-0.39, 0.29) is 16.9 Å². The van der Waals surface area contributed by atoms with Crippen LogP contribution < -0.4 is 11.2 Å². The van der Waals surface area contributed by atoms with Crippen LogP contribution in [-0.2, 0) is 25.9 Å². The lowest BCUT2D eigenvalue weighted by Crippen LogP contribution is -2.40. The van der Waals surface area contributed by atoms with Crippen molar-refractivity contribution in [2.75, 3.05) is 0 Å². The van der Waals surface area contributed by atoms with Gasteiger partial charge in [0.1, 0.15) is 11.3 Å². The van der Waals surface area contributed by atoms with Gasteiger partial charge in [-0.3, -0.25) is 24.0 Å². The van der Waals surface area contributed by atoms with Crippen molar-refractivity contribution >= 4 is 16.9 Å². The van der Waals surface area contributed by atoms with E-state index in [0.29, 0.717) is 49.3 Å². The number of aromatic nitrogens is 4. The first kappa shape index (κ1) is 23.2. The third-order valence-electron chi connectivity index (χ3n) is 5.82. The molecule has 0 aliphatic carbocycles. The number of nitro groups is 1. The third-order valence-corrected chi connectivity index (χ3v) is 5.82. The summed E-state index contributed by atoms with van der Waals surface area (Å²) in [6.45, 7) is 2.71. The third kappa shape index (κ3) is 4.98. The van der Waals surface area contributed by atoms with Crippen molar-refractivity contribution in [2.45, 2.75) is 52.1 Å². The molecule has 0 radical (unpaired) electrons. The van der Waals surface area contributed by atoms with Gasteiger partial charge in [0.2, 0.25) is 0 Å². The highest BCUT2D eigenvalue weighted by atomic mass is 16.6. The molecule has 0 unspecified atom stereocenters. The zero-order chi connectivity index (χ0) is 24.1. The fourth-order valence-electron chi connectivity index (χ4n) is 4.09. The lowest BCUT2D eigenvalue weighted by atomic mass is 10.1. The van der Waals surface area contributed by atoms with E-state index in [1.807, 2.05) is 37.3 Å². The van der Waals surface area contributed by atoms with Crippen molar-refractivity contribution in [3.63, 3.8) is 0 Å². The Morgan fingerprint density at radius 3 is 2.35 bits per heavy atom. The summed E-state index contributed by atoms with van der Waals surface area (Å²) in [6.07, 6.45) is 3.45. The molecule has 0 saturated heterocycles. The average molecular weight is 462 g/mol. The van der Waals surface area contributed by atoms with Gasteiger partial charge in [0.15, 0.2) is 5.65 Å². The number of benzene rings is 2. The van der Waals surface area contributed by atoms with E-state index in [0.717, 1.165) is 24.0 Å². The van der Waals surface area contributed by atoms with Gasteiger partial charge in [-0.25, -0.2) is 9.78 Å². The summed E-state index contributed by atoms with van der Waals surface area (Å²) in [5, 5.41) is 10.8. The molecule has 9 nitrogen and oxygen atoms in total. The fraction of sp³-hybridized carbons (Fsp3) is 0.320. The molecule has 0 aliphatic heterocycles. The van der Waals surface area contributed by atoms with Crippen molar-refractivity contribution in [2.24, 2.45) is 0 Å². The van der Waals surface area contributed by atoms with E-state index in [2.05, 4.69) is 9.97 Å². The highest BCUT2D eigenvalue weighted by Crippen LogP contribution is 2.15. The van der Waals surface area contributed by atoms with Crippen LogP contribution in [0.3, 0.4) is 0 Å². The number of non-ortho nitro benzene ring substituents is 1. The fourth-order valence-corrected chi connectivity index (χ4v) is 4.09. The molecule has 4 aromatic rings. The van der Waals surface area contributed by atoms with Crippen LogP contribution in [-0.4, -0.2) is 24.0 Å². The van der Waals surface area contributed by atoms with Crippen molar-refractivity contribution < 1.29 is 4.92 Å². The van der Waals surface area contributed by atoms with Crippen LogP contribution in [0.1, 0.15) is 43.1 Å². The number of hydrogen-bond donors (Lipinski definition) is 1. The molecule has 4 rings (SSSR count). The molecule has 176 valence electrons. The second kappa shape index (κ2) is 10.3. The van der Waals surface area contributed by atoms with Gasteiger partial charge in [0.25, 0.3) is 11.2 Å². The molecule has 0 fully saturated rings. The first-order chi connectivity index (χ1) is 16.5. The van der Waals surface area contributed by atoms with Crippen LogP contribution in [0.5, 0.6) is 0 Å². The molecule has 9 heteroatoms. The van der Waals surface area contributed by atoms with Crippen LogP contribution in [0, 0.1) is 10.1 Å². The second-order valence-electron chi connectivity index (χ2n) is 8.32. The topological polar surface area (TPSA) is 116 Å². The van der Waals surface area contributed by atoms with E-state index in [4.69, 9.17) is 0 Å². The number of aryl methyl sites for hydroxylation is 2. The Bertz CT molecular complexity index is 1400. The molecule has 0 bridgehead atoms. The van der Waals surface area contributed by atoms with Crippen LogP contribution in [0.15, 0.2) is 64.2 Å². The number of nitrogens with one attached hydrogen (secondary N) is 1. The molecule has 2 heterocycles. The standard InChI is InChI=1S/C25H27N5O4/c1-2-15-29-24(31)22-23(27-21(26-22)17-19-9-4-3-5-10-19)28(25(29)32)16-7-6-8-18-11-13-20(14-12-18)30(33)34/h3-5,9-14H,2,6-8,15-17H2,1H3,(H,26,27). The van der Waals surface area contributed by atoms with Gasteiger partial charge >= 0.3 is 5.69 Å². The summed E-state index contributed by atoms with van der Waals surface area (Å²) in [4.78, 5) is 44.3. The predicted molar refractivity (Wildman–Crippen MR) is 130 cm³/mol. The van der Waals surface area contributed by atoms with E-state index in [1.165, 1.54) is 16.7 Å². The number of aromatic amines is 1. The number of H-pyrrole nitrogens is 1. The van der Waals surface area contributed by atoms with Crippen LogP contribution in [0.2, 0.25) is 0 Å². The van der Waals surface area contributed by atoms with Gasteiger partial charge in [-0.1, -0.05) is 49.4 Å². The Labute approximate surface area is 195 Å². The molecule has 0 aliphatic rings. The minimum atomic E-state index is -0.414. The van der Waals surface area contributed by atoms with Gasteiger partial charge in [-0.15, -0.1) is 0 Å². The Balaban J connectivity index is 1.56. The minimum absolute atomic E-state index is 0.0701. The van der Waals surface area contributed by atoms with Crippen LogP contribution >= 0.6 is 0 Å². The summed E-state index contributed by atoms with van der Waals surface area (Å²) >= 11 is 0.